The van der Waals surface area contributed by atoms with E-state index in [2.05, 4.69) is 22.1 Å². The third kappa shape index (κ3) is 11.6. The van der Waals surface area contributed by atoms with E-state index in [4.69, 9.17) is 43.5 Å². The number of nitrogens with two attached hydrogens (primary N) is 1. The maximum atomic E-state index is 12.2. The molecule has 2 unspecified atom stereocenters. The van der Waals surface area contributed by atoms with Crippen molar-refractivity contribution in [3.8, 4) is 32.4 Å². The summed E-state index contributed by atoms with van der Waals surface area (Å²) in [5.41, 5.74) is 9.77. The highest BCUT2D eigenvalue weighted by atomic mass is 35.5. The molecule has 2 atom stereocenters. The Morgan fingerprint density at radius 2 is 1.25 bits per heavy atom. The molecule has 4 aromatic heterocycles. The second-order valence-corrected chi connectivity index (χ2v) is 17.2. The predicted octanol–water partition coefficient (Wildman–Crippen LogP) is 9.42. The van der Waals surface area contributed by atoms with Gasteiger partial charge in [0.05, 0.1) is 19.8 Å². The third-order valence-corrected chi connectivity index (χ3v) is 12.7. The Labute approximate surface area is 370 Å². The summed E-state index contributed by atoms with van der Waals surface area (Å²) in [5.74, 6) is 2.04. The molecule has 0 saturated heterocycles. The highest BCUT2D eigenvalue weighted by Crippen LogP contribution is 2.43. The number of aromatic nitrogens is 4. The molecule has 0 radical (unpaired) electrons. The summed E-state index contributed by atoms with van der Waals surface area (Å²) >= 11 is 15.7. The molecule has 316 valence electrons. The highest BCUT2D eigenvalue weighted by Gasteiger charge is 2.27. The maximum absolute atomic E-state index is 12.2. The van der Waals surface area contributed by atoms with Crippen LogP contribution in [0, 0.1) is 0 Å². The Morgan fingerprint density at radius 1 is 0.770 bits per heavy atom. The van der Waals surface area contributed by atoms with Gasteiger partial charge in [0, 0.05) is 91.6 Å². The number of ether oxygens (including phenoxy) is 2. The lowest BCUT2D eigenvalue weighted by molar-refractivity contribution is -0.131. The summed E-state index contributed by atoms with van der Waals surface area (Å²) in [7, 11) is 3.68. The number of hydrogen-bond donors (Lipinski definition) is 2. The van der Waals surface area contributed by atoms with Gasteiger partial charge in [-0.1, -0.05) is 23.2 Å². The van der Waals surface area contributed by atoms with E-state index in [9.17, 15) is 19.2 Å². The number of aryl methyl sites for hydroxylation is 2. The lowest BCUT2D eigenvalue weighted by atomic mass is 10.0. The van der Waals surface area contributed by atoms with E-state index in [1.807, 2.05) is 54.2 Å². The zero-order chi connectivity index (χ0) is 43.8. The van der Waals surface area contributed by atoms with Crippen LogP contribution in [-0.4, -0.2) is 66.3 Å². The van der Waals surface area contributed by atoms with Crippen LogP contribution in [0.15, 0.2) is 85.5 Å². The van der Waals surface area contributed by atoms with Crippen molar-refractivity contribution in [2.24, 2.45) is 19.8 Å². The molecule has 0 fully saturated rings. The van der Waals surface area contributed by atoms with Crippen molar-refractivity contribution in [2.45, 2.75) is 51.7 Å². The molecule has 6 heterocycles. The van der Waals surface area contributed by atoms with Crippen LogP contribution in [0.25, 0.3) is 33.0 Å². The van der Waals surface area contributed by atoms with Gasteiger partial charge in [0.2, 0.25) is 0 Å². The van der Waals surface area contributed by atoms with E-state index in [1.54, 1.807) is 56.2 Å². The molecule has 0 saturated carbocycles. The van der Waals surface area contributed by atoms with Crippen LogP contribution in [0.1, 0.15) is 68.8 Å². The number of thiophene rings is 2. The summed E-state index contributed by atoms with van der Waals surface area (Å²) < 4.78 is 15.3. The molecule has 61 heavy (non-hydrogen) atoms. The molecule has 8 rings (SSSR count). The normalized spacial score (nSPS) is 15.0. The second-order valence-electron chi connectivity index (χ2n) is 14.3. The molecule has 0 amide bonds. The fourth-order valence-corrected chi connectivity index (χ4v) is 8.84. The van der Waals surface area contributed by atoms with Crippen LogP contribution in [0.5, 0.6) is 11.5 Å². The van der Waals surface area contributed by atoms with E-state index >= 15 is 0 Å². The van der Waals surface area contributed by atoms with Crippen molar-refractivity contribution in [3.63, 3.8) is 0 Å². The second kappa shape index (κ2) is 20.3. The van der Waals surface area contributed by atoms with E-state index in [0.29, 0.717) is 47.4 Å². The first-order valence-electron chi connectivity index (χ1n) is 19.2. The number of halogens is 2. The number of hydrogen-bond acceptors (Lipinski definition) is 11. The topological polar surface area (TPSA) is 169 Å². The number of rotatable bonds is 12. The number of Topliss-reactive ketones (excluding diaryl/α,β-unsaturated/α-hetero) is 2. The van der Waals surface area contributed by atoms with Crippen LogP contribution in [-0.2, 0) is 36.5 Å². The Morgan fingerprint density at radius 3 is 1.67 bits per heavy atom. The zero-order valence-corrected chi connectivity index (χ0v) is 36.9. The fourth-order valence-electron chi connectivity index (χ4n) is 6.49. The van der Waals surface area contributed by atoms with Crippen molar-refractivity contribution in [2.75, 3.05) is 6.54 Å². The lowest BCUT2D eigenvalue weighted by Crippen LogP contribution is -2.24. The fraction of sp³-hybridized carbons (Fsp3) is 0.244. The van der Waals surface area contributed by atoms with E-state index < -0.39 is 5.97 Å². The van der Waals surface area contributed by atoms with Gasteiger partial charge in [-0.15, -0.1) is 22.7 Å². The molecular formula is C45H43Cl2N5O7S2. The van der Waals surface area contributed by atoms with Gasteiger partial charge in [0.15, 0.2) is 17.3 Å². The standard InChI is InChI=1S/C23H21ClN2O3S.C15H14ClNO2S.C7H8N2O2/c1-14(27)20-6-7-21(30-20)15-11-16-12-18(29-23(16)19(24)13-15)5-3-17(28)4-8-22-25-9-10-26(22)2;1-8(18)13-2-3-14(20-13)9-4-10-5-11(7-17)19-15(10)12(16)6-9;1-9-5-4-8-6(9)2-3-7(10)11/h4,6-11,13,18H,3,5,12H2,1-2H3;2-4,6,11H,5,7,17H2,1H3;2-5H,1H3,(H,10,11)/b8-4+;;3-2+. The number of aliphatic carboxylic acids is 1. The van der Waals surface area contributed by atoms with Crippen molar-refractivity contribution in [1.29, 1.82) is 0 Å². The molecule has 3 N–H and O–H groups in total. The molecular weight excluding hydrogens is 858 g/mol. The van der Waals surface area contributed by atoms with Crippen molar-refractivity contribution >= 4 is 81.3 Å². The highest BCUT2D eigenvalue weighted by molar-refractivity contribution is 7.17. The first-order chi connectivity index (χ1) is 29.2. The number of benzene rings is 2. The summed E-state index contributed by atoms with van der Waals surface area (Å²) in [6, 6.07) is 15.5. The summed E-state index contributed by atoms with van der Waals surface area (Å²) in [6.07, 6.45) is 15.1. The summed E-state index contributed by atoms with van der Waals surface area (Å²) in [6.45, 7) is 3.62. The SMILES string of the molecule is CC(=O)c1ccc(-c2cc(Cl)c3c(c2)CC(CCC(=O)/C=C/c2nccn2C)O3)s1.CC(=O)c1ccc(-c2cc(Cl)c3c(c2)CC(CN)O3)s1.Cn1ccnc1/C=C/C(=O)O. The average molecular weight is 901 g/mol. The zero-order valence-electron chi connectivity index (χ0n) is 33.8. The van der Waals surface area contributed by atoms with Crippen LogP contribution in [0.2, 0.25) is 10.0 Å². The van der Waals surface area contributed by atoms with Gasteiger partial charge in [-0.2, -0.15) is 0 Å². The lowest BCUT2D eigenvalue weighted by Gasteiger charge is -2.10. The minimum absolute atomic E-state index is 0.00821. The van der Waals surface area contributed by atoms with Crippen LogP contribution < -0.4 is 15.2 Å². The first-order valence-corrected chi connectivity index (χ1v) is 21.5. The van der Waals surface area contributed by atoms with Crippen molar-refractivity contribution in [3.05, 3.63) is 128 Å². The molecule has 2 aliphatic rings. The van der Waals surface area contributed by atoms with Gasteiger partial charge >= 0.3 is 5.97 Å². The monoisotopic (exact) mass is 899 g/mol. The van der Waals surface area contributed by atoms with Crippen molar-refractivity contribution < 1.29 is 33.8 Å². The van der Waals surface area contributed by atoms with Crippen molar-refractivity contribution in [1.82, 2.24) is 19.1 Å². The van der Waals surface area contributed by atoms with Gasteiger partial charge < -0.3 is 29.4 Å². The van der Waals surface area contributed by atoms with Crippen LogP contribution in [0.3, 0.4) is 0 Å². The quantitative estimate of drug-likeness (QED) is 0.0892. The number of allylic oxidation sites excluding steroid dienone is 1. The molecule has 6 aromatic rings. The molecule has 0 bridgehead atoms. The maximum Gasteiger partial charge on any atom is 0.328 e. The van der Waals surface area contributed by atoms with Gasteiger partial charge in [0.25, 0.3) is 0 Å². The van der Waals surface area contributed by atoms with E-state index in [1.165, 1.54) is 28.7 Å². The largest absolute Gasteiger partial charge is 0.488 e. The van der Waals surface area contributed by atoms with Crippen LogP contribution in [0.4, 0.5) is 0 Å². The number of fused-ring (bicyclic) bond motifs is 2. The molecule has 0 aliphatic carbocycles. The predicted molar refractivity (Wildman–Crippen MR) is 241 cm³/mol. The van der Waals surface area contributed by atoms with Gasteiger partial charge in [-0.3, -0.25) is 14.4 Å². The van der Waals surface area contributed by atoms with Gasteiger partial charge in [-0.25, -0.2) is 14.8 Å². The molecule has 0 spiro atoms. The Bertz CT molecular complexity index is 2640. The minimum Gasteiger partial charge on any atom is -0.488 e. The number of carboxylic acid groups (broad SMARTS) is 1. The molecule has 12 nitrogen and oxygen atoms in total. The Kier molecular flexibility index (Phi) is 14.9. The Hall–Kier alpha value is -5.64. The van der Waals surface area contributed by atoms with E-state index in [-0.39, 0.29) is 29.6 Å². The first kappa shape index (κ1) is 44.9. The number of nitrogens with zero attached hydrogens (tertiary/aromatic N) is 4. The smallest absolute Gasteiger partial charge is 0.328 e. The number of ketones is 3. The number of carbonyl (C=O) groups excluding carboxylic acids is 3. The third-order valence-electron chi connectivity index (χ3n) is 9.67. The van der Waals surface area contributed by atoms with E-state index in [0.717, 1.165) is 65.8 Å². The number of carbonyl (C=O) groups is 4. The summed E-state index contributed by atoms with van der Waals surface area (Å²) in [5, 5.41) is 9.44. The van der Waals surface area contributed by atoms with Crippen LogP contribution >= 0.6 is 45.9 Å². The number of imidazole rings is 2. The van der Waals surface area contributed by atoms with Gasteiger partial charge in [0.1, 0.15) is 35.4 Å². The van der Waals surface area contributed by atoms with Gasteiger partial charge in [-0.05, 0) is 98.2 Å². The minimum atomic E-state index is -0.965. The number of carboxylic acids is 1. The Balaban J connectivity index is 0.000000172. The molecule has 2 aliphatic heterocycles. The molecule has 2 aromatic carbocycles. The molecule has 16 heteroatoms. The summed E-state index contributed by atoms with van der Waals surface area (Å²) in [4.78, 5) is 56.8. The average Bonchev–Trinajstić information content (AvgIpc) is 4.08.